The van der Waals surface area contributed by atoms with Gasteiger partial charge in [0.25, 0.3) is 5.91 Å². The molecule has 0 bridgehead atoms. The molecule has 5 nitrogen and oxygen atoms in total. The third kappa shape index (κ3) is 4.00. The number of carbonyl (C=O) groups is 2. The van der Waals surface area contributed by atoms with Crippen molar-refractivity contribution in [2.75, 3.05) is 24.5 Å². The Morgan fingerprint density at radius 1 is 1.33 bits per heavy atom. The highest BCUT2D eigenvalue weighted by molar-refractivity contribution is 5.98. The number of carbonyl (C=O) groups excluding carboxylic acids is 2. The molecule has 0 aliphatic carbocycles. The molecule has 1 aliphatic rings. The number of hydrogen-bond acceptors (Lipinski definition) is 2. The molecular formula is C21H22FN3O2. The lowest BCUT2D eigenvalue weighted by molar-refractivity contribution is 0.0761. The summed E-state index contributed by atoms with van der Waals surface area (Å²) in [5, 5.41) is 2.77. The minimum Gasteiger partial charge on any atom is -0.336 e. The summed E-state index contributed by atoms with van der Waals surface area (Å²) in [7, 11) is 0. The fourth-order valence-corrected chi connectivity index (χ4v) is 3.18. The molecule has 0 spiro atoms. The van der Waals surface area contributed by atoms with Gasteiger partial charge in [-0.15, -0.1) is 6.58 Å². The van der Waals surface area contributed by atoms with Gasteiger partial charge in [-0.25, -0.2) is 9.18 Å². The molecule has 1 N–H and O–H groups in total. The van der Waals surface area contributed by atoms with E-state index in [4.69, 9.17) is 0 Å². The molecule has 0 saturated carbocycles. The van der Waals surface area contributed by atoms with Crippen molar-refractivity contribution in [1.82, 2.24) is 10.2 Å². The molecule has 0 radical (unpaired) electrons. The SMILES string of the molecule is C=CCN(Cc1ccccc1F)C(=O)c1ccc(N2CCNC2=O)c(C)c1. The van der Waals surface area contributed by atoms with Gasteiger partial charge in [0.05, 0.1) is 0 Å². The highest BCUT2D eigenvalue weighted by Crippen LogP contribution is 2.24. The second-order valence-corrected chi connectivity index (χ2v) is 6.45. The maximum Gasteiger partial charge on any atom is 0.322 e. The number of aryl methyl sites for hydroxylation is 1. The maximum absolute atomic E-state index is 14.0. The second kappa shape index (κ2) is 8.03. The number of nitrogens with one attached hydrogen (secondary N) is 1. The van der Waals surface area contributed by atoms with Crippen molar-refractivity contribution in [1.29, 1.82) is 0 Å². The van der Waals surface area contributed by atoms with E-state index in [0.29, 0.717) is 30.8 Å². The third-order valence-corrected chi connectivity index (χ3v) is 4.55. The van der Waals surface area contributed by atoms with E-state index in [-0.39, 0.29) is 24.3 Å². The minimum atomic E-state index is -0.342. The zero-order valence-corrected chi connectivity index (χ0v) is 15.2. The predicted octanol–water partition coefficient (Wildman–Crippen LogP) is 3.49. The first kappa shape index (κ1) is 18.6. The van der Waals surface area contributed by atoms with E-state index in [9.17, 15) is 14.0 Å². The van der Waals surface area contributed by atoms with E-state index in [1.54, 1.807) is 52.3 Å². The summed E-state index contributed by atoms with van der Waals surface area (Å²) in [6, 6.07) is 11.5. The van der Waals surface area contributed by atoms with Gasteiger partial charge in [0.2, 0.25) is 0 Å². The quantitative estimate of drug-likeness (QED) is 0.795. The molecule has 0 aromatic heterocycles. The van der Waals surface area contributed by atoms with E-state index >= 15 is 0 Å². The van der Waals surface area contributed by atoms with Gasteiger partial charge in [0.15, 0.2) is 0 Å². The Morgan fingerprint density at radius 3 is 2.74 bits per heavy atom. The van der Waals surface area contributed by atoms with Crippen LogP contribution >= 0.6 is 0 Å². The summed E-state index contributed by atoms with van der Waals surface area (Å²) in [6.07, 6.45) is 1.62. The largest absolute Gasteiger partial charge is 0.336 e. The molecule has 1 fully saturated rings. The van der Waals surface area contributed by atoms with E-state index in [1.807, 2.05) is 6.92 Å². The standard InChI is InChI=1S/C21H22FN3O2/c1-3-11-24(14-17-6-4-5-7-18(17)22)20(26)16-8-9-19(15(2)13-16)25-12-10-23-21(25)27/h3-9,13H,1,10-12,14H2,2H3,(H,23,27). The molecule has 1 heterocycles. The van der Waals surface area contributed by atoms with E-state index < -0.39 is 0 Å². The lowest BCUT2D eigenvalue weighted by Gasteiger charge is -2.23. The first-order valence-electron chi connectivity index (χ1n) is 8.81. The number of hydrogen-bond donors (Lipinski definition) is 1. The molecular weight excluding hydrogens is 345 g/mol. The van der Waals surface area contributed by atoms with Crippen LogP contribution in [0.4, 0.5) is 14.9 Å². The number of halogens is 1. The van der Waals surface area contributed by atoms with Gasteiger partial charge < -0.3 is 10.2 Å². The van der Waals surface area contributed by atoms with Gasteiger partial charge in [-0.2, -0.15) is 0 Å². The number of nitrogens with zero attached hydrogens (tertiary/aromatic N) is 2. The van der Waals surface area contributed by atoms with Crippen LogP contribution in [0.5, 0.6) is 0 Å². The third-order valence-electron chi connectivity index (χ3n) is 4.55. The van der Waals surface area contributed by atoms with Crippen LogP contribution < -0.4 is 10.2 Å². The number of amides is 3. The van der Waals surface area contributed by atoms with Crippen LogP contribution in [0.3, 0.4) is 0 Å². The average Bonchev–Trinajstić information content (AvgIpc) is 3.08. The zero-order chi connectivity index (χ0) is 19.4. The van der Waals surface area contributed by atoms with Crippen molar-refractivity contribution >= 4 is 17.6 Å². The van der Waals surface area contributed by atoms with Crippen LogP contribution in [-0.2, 0) is 6.54 Å². The Balaban J connectivity index is 1.83. The summed E-state index contributed by atoms with van der Waals surface area (Å²) in [5.41, 5.74) is 2.57. The van der Waals surface area contributed by atoms with Crippen LogP contribution in [0.25, 0.3) is 0 Å². The molecule has 2 aromatic rings. The molecule has 1 aliphatic heterocycles. The Kier molecular flexibility index (Phi) is 5.54. The monoisotopic (exact) mass is 367 g/mol. The fourth-order valence-electron chi connectivity index (χ4n) is 3.18. The van der Waals surface area contributed by atoms with Crippen molar-refractivity contribution in [3.8, 4) is 0 Å². The van der Waals surface area contributed by atoms with Gasteiger partial charge in [-0.1, -0.05) is 24.3 Å². The van der Waals surface area contributed by atoms with E-state index in [0.717, 1.165) is 11.3 Å². The summed E-state index contributed by atoms with van der Waals surface area (Å²) in [5.74, 6) is -0.551. The summed E-state index contributed by atoms with van der Waals surface area (Å²) in [4.78, 5) is 28.0. The van der Waals surface area contributed by atoms with Crippen LogP contribution in [0.15, 0.2) is 55.1 Å². The summed E-state index contributed by atoms with van der Waals surface area (Å²) >= 11 is 0. The van der Waals surface area contributed by atoms with Gasteiger partial charge in [0.1, 0.15) is 5.82 Å². The highest BCUT2D eigenvalue weighted by Gasteiger charge is 2.24. The molecule has 3 rings (SSSR count). The lowest BCUT2D eigenvalue weighted by Crippen LogP contribution is -2.31. The van der Waals surface area contributed by atoms with Crippen LogP contribution in [0.1, 0.15) is 21.5 Å². The smallest absolute Gasteiger partial charge is 0.322 e. The van der Waals surface area contributed by atoms with Crippen LogP contribution in [-0.4, -0.2) is 36.5 Å². The van der Waals surface area contributed by atoms with Gasteiger partial charge in [-0.05, 0) is 36.8 Å². The van der Waals surface area contributed by atoms with Crippen LogP contribution in [0.2, 0.25) is 0 Å². The van der Waals surface area contributed by atoms with Gasteiger partial charge in [0, 0.05) is 43.0 Å². The summed E-state index contributed by atoms with van der Waals surface area (Å²) in [6.45, 7) is 7.24. The predicted molar refractivity (Wildman–Crippen MR) is 103 cm³/mol. The Hall–Kier alpha value is -3.15. The topological polar surface area (TPSA) is 52.7 Å². The lowest BCUT2D eigenvalue weighted by atomic mass is 10.1. The fraction of sp³-hybridized carbons (Fsp3) is 0.238. The Bertz CT molecular complexity index is 881. The molecule has 0 unspecified atom stereocenters. The van der Waals surface area contributed by atoms with Gasteiger partial charge >= 0.3 is 6.03 Å². The van der Waals surface area contributed by atoms with Crippen molar-refractivity contribution in [2.24, 2.45) is 0 Å². The second-order valence-electron chi connectivity index (χ2n) is 6.45. The highest BCUT2D eigenvalue weighted by atomic mass is 19.1. The normalized spacial score (nSPS) is 13.4. The number of benzene rings is 2. The van der Waals surface area contributed by atoms with Crippen molar-refractivity contribution in [3.63, 3.8) is 0 Å². The molecule has 27 heavy (non-hydrogen) atoms. The van der Waals surface area contributed by atoms with Crippen molar-refractivity contribution in [3.05, 3.63) is 77.6 Å². The first-order chi connectivity index (χ1) is 13.0. The molecule has 140 valence electrons. The minimum absolute atomic E-state index is 0.134. The average molecular weight is 367 g/mol. The zero-order valence-electron chi connectivity index (χ0n) is 15.2. The molecule has 0 atom stereocenters. The molecule has 3 amide bonds. The Labute approximate surface area is 158 Å². The molecule has 1 saturated heterocycles. The van der Waals surface area contributed by atoms with E-state index in [1.165, 1.54) is 6.07 Å². The number of rotatable bonds is 6. The number of urea groups is 1. The molecule has 2 aromatic carbocycles. The Morgan fingerprint density at radius 2 is 2.11 bits per heavy atom. The molecule has 6 heteroatoms. The first-order valence-corrected chi connectivity index (χ1v) is 8.81. The van der Waals surface area contributed by atoms with Crippen LogP contribution in [0, 0.1) is 12.7 Å². The maximum atomic E-state index is 14.0. The van der Waals surface area contributed by atoms with Crippen molar-refractivity contribution < 1.29 is 14.0 Å². The van der Waals surface area contributed by atoms with Gasteiger partial charge in [-0.3, -0.25) is 9.69 Å². The van der Waals surface area contributed by atoms with E-state index in [2.05, 4.69) is 11.9 Å². The number of anilines is 1. The summed E-state index contributed by atoms with van der Waals surface area (Å²) < 4.78 is 14.0. The van der Waals surface area contributed by atoms with Crippen molar-refractivity contribution in [2.45, 2.75) is 13.5 Å².